The number of carbonyl (C=O) groups is 2. The van der Waals surface area contributed by atoms with Gasteiger partial charge in [-0.15, -0.1) is 0 Å². The lowest BCUT2D eigenvalue weighted by Gasteiger charge is -2.22. The zero-order chi connectivity index (χ0) is 15.9. The van der Waals surface area contributed by atoms with E-state index in [4.69, 9.17) is 10.1 Å². The number of Topliss-reactive ketones (excluding diaryl/α,β-unsaturated/α-hetero) is 1. The summed E-state index contributed by atoms with van der Waals surface area (Å²) in [6.45, 7) is 5.26. The van der Waals surface area contributed by atoms with E-state index in [0.29, 0.717) is 12.8 Å². The third kappa shape index (κ3) is 6.70. The van der Waals surface area contributed by atoms with Crippen molar-refractivity contribution in [3.8, 4) is 0 Å². The number of aryl methyl sites for hydroxylation is 1. The summed E-state index contributed by atoms with van der Waals surface area (Å²) in [7, 11) is 0. The Hall–Kier alpha value is -2.17. The van der Waals surface area contributed by atoms with Gasteiger partial charge in [-0.2, -0.15) is 0 Å². The van der Waals surface area contributed by atoms with Gasteiger partial charge in [0.15, 0.2) is 5.78 Å². The van der Waals surface area contributed by atoms with Crippen molar-refractivity contribution in [3.05, 3.63) is 35.9 Å². The Morgan fingerprint density at radius 1 is 1.29 bits per heavy atom. The van der Waals surface area contributed by atoms with E-state index in [-0.39, 0.29) is 0 Å². The first kappa shape index (κ1) is 16.9. The maximum Gasteiger partial charge on any atom is 0.408 e. The van der Waals surface area contributed by atoms with Crippen LogP contribution in [0.3, 0.4) is 0 Å². The van der Waals surface area contributed by atoms with Crippen molar-refractivity contribution in [1.82, 2.24) is 5.32 Å². The SMILES string of the molecule is CC(C)(C)OC(=O)N[C@@H](CCc1ccccc1)C(=O)C=N. The maximum absolute atomic E-state index is 11.7. The minimum absolute atomic E-state index is 0.428. The van der Waals surface area contributed by atoms with E-state index in [0.717, 1.165) is 11.8 Å². The smallest absolute Gasteiger partial charge is 0.408 e. The van der Waals surface area contributed by atoms with Gasteiger partial charge in [0.25, 0.3) is 0 Å². The molecule has 0 saturated carbocycles. The third-order valence-electron chi connectivity index (χ3n) is 2.74. The van der Waals surface area contributed by atoms with Gasteiger partial charge in [0, 0.05) is 0 Å². The minimum Gasteiger partial charge on any atom is -0.444 e. The van der Waals surface area contributed by atoms with Gasteiger partial charge >= 0.3 is 6.09 Å². The van der Waals surface area contributed by atoms with Crippen molar-refractivity contribution in [2.75, 3.05) is 0 Å². The van der Waals surface area contributed by atoms with E-state index >= 15 is 0 Å². The molecule has 0 aliphatic carbocycles. The summed E-state index contributed by atoms with van der Waals surface area (Å²) in [5, 5.41) is 9.61. The molecule has 1 amide bonds. The van der Waals surface area contributed by atoms with E-state index in [9.17, 15) is 9.59 Å². The maximum atomic E-state index is 11.7. The summed E-state index contributed by atoms with van der Waals surface area (Å²) in [5.41, 5.74) is 0.452. The second-order valence-corrected chi connectivity index (χ2v) is 5.77. The first-order chi connectivity index (χ1) is 9.81. The molecule has 1 aromatic rings. The van der Waals surface area contributed by atoms with Crippen LogP contribution in [0.15, 0.2) is 30.3 Å². The fraction of sp³-hybridized carbons (Fsp3) is 0.438. The van der Waals surface area contributed by atoms with Crippen molar-refractivity contribution in [2.24, 2.45) is 0 Å². The molecule has 5 heteroatoms. The largest absolute Gasteiger partial charge is 0.444 e. The fourth-order valence-electron chi connectivity index (χ4n) is 1.79. The molecule has 114 valence electrons. The van der Waals surface area contributed by atoms with Gasteiger partial charge in [0.05, 0.1) is 12.3 Å². The summed E-state index contributed by atoms with van der Waals surface area (Å²) in [6, 6.07) is 8.94. The lowest BCUT2D eigenvalue weighted by Crippen LogP contribution is -2.44. The molecule has 0 unspecified atom stereocenters. The molecule has 0 radical (unpaired) electrons. The molecule has 0 aliphatic heterocycles. The molecule has 0 bridgehead atoms. The van der Waals surface area contributed by atoms with Crippen LogP contribution in [0.25, 0.3) is 0 Å². The van der Waals surface area contributed by atoms with E-state index < -0.39 is 23.5 Å². The minimum atomic E-state index is -0.738. The molecule has 0 aromatic heterocycles. The lowest BCUT2D eigenvalue weighted by atomic mass is 10.0. The number of hydrogen-bond acceptors (Lipinski definition) is 4. The number of hydrogen-bond donors (Lipinski definition) is 2. The number of nitrogens with one attached hydrogen (secondary N) is 2. The van der Waals surface area contributed by atoms with Crippen molar-refractivity contribution in [3.63, 3.8) is 0 Å². The number of rotatable bonds is 6. The summed E-state index contributed by atoms with van der Waals surface area (Å²) >= 11 is 0. The predicted octanol–water partition coefficient (Wildman–Crippen LogP) is 2.73. The van der Waals surface area contributed by atoms with Gasteiger partial charge in [-0.05, 0) is 39.2 Å². The van der Waals surface area contributed by atoms with Crippen LogP contribution >= 0.6 is 0 Å². The van der Waals surface area contributed by atoms with Crippen LogP contribution in [-0.2, 0) is 16.0 Å². The molecule has 1 atom stereocenters. The highest BCUT2D eigenvalue weighted by Gasteiger charge is 2.22. The van der Waals surface area contributed by atoms with E-state index in [2.05, 4.69) is 5.32 Å². The fourth-order valence-corrected chi connectivity index (χ4v) is 1.79. The van der Waals surface area contributed by atoms with E-state index in [1.165, 1.54) is 0 Å². The highest BCUT2D eigenvalue weighted by molar-refractivity contribution is 6.29. The van der Waals surface area contributed by atoms with Crippen LogP contribution < -0.4 is 5.32 Å². The number of benzene rings is 1. The first-order valence-electron chi connectivity index (χ1n) is 6.89. The van der Waals surface area contributed by atoms with Crippen molar-refractivity contribution in [2.45, 2.75) is 45.3 Å². The molecule has 1 rings (SSSR count). The van der Waals surface area contributed by atoms with Crippen molar-refractivity contribution < 1.29 is 14.3 Å². The molecular formula is C16H22N2O3. The number of ether oxygens (including phenoxy) is 1. The van der Waals surface area contributed by atoms with Crippen LogP contribution in [0.4, 0.5) is 4.79 Å². The molecule has 21 heavy (non-hydrogen) atoms. The molecule has 0 heterocycles. The van der Waals surface area contributed by atoms with E-state index in [1.54, 1.807) is 20.8 Å². The van der Waals surface area contributed by atoms with Crippen LogP contribution in [0, 0.1) is 5.41 Å². The molecule has 1 aromatic carbocycles. The predicted molar refractivity (Wildman–Crippen MR) is 81.7 cm³/mol. The van der Waals surface area contributed by atoms with Crippen LogP contribution in [-0.4, -0.2) is 29.7 Å². The molecule has 5 nitrogen and oxygen atoms in total. The summed E-state index contributed by atoms with van der Waals surface area (Å²) < 4.78 is 5.14. The zero-order valence-corrected chi connectivity index (χ0v) is 12.7. The van der Waals surface area contributed by atoms with Gasteiger partial charge in [-0.1, -0.05) is 30.3 Å². The van der Waals surface area contributed by atoms with Gasteiger partial charge in [0.2, 0.25) is 0 Å². The number of carbonyl (C=O) groups excluding carboxylic acids is 2. The Balaban J connectivity index is 2.62. The molecule has 0 aliphatic rings. The zero-order valence-electron chi connectivity index (χ0n) is 12.7. The third-order valence-corrected chi connectivity index (χ3v) is 2.74. The second-order valence-electron chi connectivity index (χ2n) is 5.77. The van der Waals surface area contributed by atoms with Crippen molar-refractivity contribution in [1.29, 1.82) is 5.41 Å². The van der Waals surface area contributed by atoms with Crippen molar-refractivity contribution >= 4 is 18.1 Å². The highest BCUT2D eigenvalue weighted by atomic mass is 16.6. The Bertz CT molecular complexity index is 492. The van der Waals surface area contributed by atoms with Crippen LogP contribution in [0.5, 0.6) is 0 Å². The quantitative estimate of drug-likeness (QED) is 0.791. The van der Waals surface area contributed by atoms with Crippen LogP contribution in [0.1, 0.15) is 32.8 Å². The molecule has 0 spiro atoms. The lowest BCUT2D eigenvalue weighted by molar-refractivity contribution is -0.114. The molecule has 0 saturated heterocycles. The van der Waals surface area contributed by atoms with E-state index in [1.807, 2.05) is 30.3 Å². The topological polar surface area (TPSA) is 79.2 Å². The van der Waals surface area contributed by atoms with Gasteiger partial charge < -0.3 is 15.5 Å². The summed E-state index contributed by atoms with van der Waals surface area (Å²) in [5.74, 6) is -0.434. The number of amides is 1. The number of ketones is 1. The average Bonchev–Trinajstić information content (AvgIpc) is 2.41. The summed E-state index contributed by atoms with van der Waals surface area (Å²) in [4.78, 5) is 23.5. The Labute approximate surface area is 125 Å². The molecule has 0 fully saturated rings. The highest BCUT2D eigenvalue weighted by Crippen LogP contribution is 2.09. The average molecular weight is 290 g/mol. The second kappa shape index (κ2) is 7.57. The first-order valence-corrected chi connectivity index (χ1v) is 6.89. The molecule has 2 N–H and O–H groups in total. The summed E-state index contributed by atoms with van der Waals surface area (Å²) in [6.07, 6.45) is 1.15. The van der Waals surface area contributed by atoms with Gasteiger partial charge in [-0.3, -0.25) is 4.79 Å². The Kier molecular flexibility index (Phi) is 6.09. The molecular weight excluding hydrogens is 268 g/mol. The van der Waals surface area contributed by atoms with Gasteiger partial charge in [-0.25, -0.2) is 4.79 Å². The number of alkyl carbamates (subject to hydrolysis) is 1. The Morgan fingerprint density at radius 3 is 2.43 bits per heavy atom. The monoisotopic (exact) mass is 290 g/mol. The standard InChI is InChI=1S/C16H22N2O3/c1-16(2,3)21-15(20)18-13(14(19)11-17)10-9-12-7-5-4-6-8-12/h4-8,11,13,17H,9-10H2,1-3H3,(H,18,20)/t13-/m0/s1. The van der Waals surface area contributed by atoms with Gasteiger partial charge in [0.1, 0.15) is 5.60 Å². The van der Waals surface area contributed by atoms with Crippen LogP contribution in [0.2, 0.25) is 0 Å². The normalized spacial score (nSPS) is 12.3. The Morgan fingerprint density at radius 2 is 1.90 bits per heavy atom.